The molecule has 5 aliphatic rings. The lowest BCUT2D eigenvalue weighted by Crippen LogP contribution is -2.49. The molecule has 5 nitrogen and oxygen atoms in total. The number of hydrogen-bond donors (Lipinski definition) is 1. The Morgan fingerprint density at radius 3 is 2.70 bits per heavy atom. The molecule has 4 fully saturated rings. The first-order chi connectivity index (χ1) is 10.7. The van der Waals surface area contributed by atoms with Crippen LogP contribution in [0.25, 0.3) is 0 Å². The molecule has 0 radical (unpaired) electrons. The Bertz CT molecular complexity index is 738. The highest BCUT2D eigenvalue weighted by molar-refractivity contribution is 6.07. The highest BCUT2D eigenvalue weighted by Crippen LogP contribution is 2.79. The molecule has 8 atom stereocenters. The molecule has 3 saturated carbocycles. The minimum absolute atomic E-state index is 0.0266. The van der Waals surface area contributed by atoms with Crippen molar-refractivity contribution >= 4 is 17.5 Å². The van der Waals surface area contributed by atoms with E-state index in [4.69, 9.17) is 4.74 Å². The lowest BCUT2D eigenvalue weighted by atomic mass is 9.57. The number of allylic oxidation sites excluding steroid dienone is 1. The van der Waals surface area contributed by atoms with Gasteiger partial charge in [0.05, 0.1) is 11.3 Å². The maximum atomic E-state index is 13.0. The van der Waals surface area contributed by atoms with Crippen LogP contribution in [0.1, 0.15) is 33.6 Å². The molecule has 4 bridgehead atoms. The molecule has 0 aromatic carbocycles. The van der Waals surface area contributed by atoms with Crippen molar-refractivity contribution in [3.63, 3.8) is 0 Å². The van der Waals surface area contributed by atoms with E-state index in [0.29, 0.717) is 12.0 Å². The fourth-order valence-corrected chi connectivity index (χ4v) is 7.17. The van der Waals surface area contributed by atoms with Gasteiger partial charge in [0.1, 0.15) is 17.5 Å². The van der Waals surface area contributed by atoms with E-state index in [1.54, 1.807) is 13.0 Å². The number of rotatable bonds is 0. The summed E-state index contributed by atoms with van der Waals surface area (Å²) >= 11 is 0. The van der Waals surface area contributed by atoms with Crippen LogP contribution < -0.4 is 0 Å². The Morgan fingerprint density at radius 1 is 1.30 bits per heavy atom. The van der Waals surface area contributed by atoms with Gasteiger partial charge in [0.25, 0.3) is 0 Å². The van der Waals surface area contributed by atoms with Crippen LogP contribution in [0.4, 0.5) is 0 Å². The molecule has 122 valence electrons. The molecule has 1 N–H and O–H groups in total. The van der Waals surface area contributed by atoms with Gasteiger partial charge < -0.3 is 9.84 Å². The van der Waals surface area contributed by atoms with Gasteiger partial charge in [-0.05, 0) is 24.5 Å². The van der Waals surface area contributed by atoms with E-state index in [9.17, 15) is 19.5 Å². The van der Waals surface area contributed by atoms with E-state index in [0.717, 1.165) is 0 Å². The van der Waals surface area contributed by atoms with Crippen molar-refractivity contribution in [2.75, 3.05) is 0 Å². The summed E-state index contributed by atoms with van der Waals surface area (Å²) in [5, 5.41) is 11.5. The van der Waals surface area contributed by atoms with Crippen molar-refractivity contribution in [1.82, 2.24) is 0 Å². The van der Waals surface area contributed by atoms with Crippen molar-refractivity contribution in [1.29, 1.82) is 0 Å². The van der Waals surface area contributed by atoms with Crippen LogP contribution in [-0.4, -0.2) is 34.3 Å². The summed E-state index contributed by atoms with van der Waals surface area (Å²) in [5.41, 5.74) is -2.45. The van der Waals surface area contributed by atoms with Crippen molar-refractivity contribution in [2.24, 2.45) is 34.5 Å². The number of carbonyl (C=O) groups excluding carboxylic acids is 3. The molecule has 5 rings (SSSR count). The Hall–Kier alpha value is -1.49. The second-order valence-corrected chi connectivity index (χ2v) is 8.44. The van der Waals surface area contributed by atoms with Gasteiger partial charge >= 0.3 is 5.97 Å². The van der Waals surface area contributed by atoms with Gasteiger partial charge in [-0.15, -0.1) is 0 Å². The summed E-state index contributed by atoms with van der Waals surface area (Å²) in [6, 6.07) is 0. The van der Waals surface area contributed by atoms with Gasteiger partial charge in [-0.25, -0.2) is 0 Å². The first kappa shape index (κ1) is 13.9. The monoisotopic (exact) mass is 316 g/mol. The average Bonchev–Trinajstić information content (AvgIpc) is 3.06. The first-order valence-electron chi connectivity index (χ1n) is 8.40. The lowest BCUT2D eigenvalue weighted by molar-refractivity contribution is -0.150. The third-order valence-electron chi connectivity index (χ3n) is 7.87. The highest BCUT2D eigenvalue weighted by atomic mass is 16.6. The highest BCUT2D eigenvalue weighted by Gasteiger charge is 2.87. The first-order valence-corrected chi connectivity index (χ1v) is 8.40. The maximum Gasteiger partial charge on any atom is 0.309 e. The van der Waals surface area contributed by atoms with Gasteiger partial charge in [0, 0.05) is 30.1 Å². The lowest BCUT2D eigenvalue weighted by Gasteiger charge is -2.43. The zero-order chi connectivity index (χ0) is 16.5. The molecule has 0 unspecified atom stereocenters. The molecular formula is C18H20O5. The number of esters is 1. The normalized spacial score (nSPS) is 59.0. The van der Waals surface area contributed by atoms with Crippen molar-refractivity contribution in [2.45, 2.75) is 45.3 Å². The van der Waals surface area contributed by atoms with Gasteiger partial charge in [0.15, 0.2) is 5.78 Å². The van der Waals surface area contributed by atoms with E-state index in [2.05, 4.69) is 0 Å². The molecule has 1 spiro atoms. The number of ether oxygens (including phenoxy) is 1. The molecule has 5 heteroatoms. The third-order valence-corrected chi connectivity index (χ3v) is 7.87. The van der Waals surface area contributed by atoms with Crippen LogP contribution in [0.5, 0.6) is 0 Å². The largest absolute Gasteiger partial charge is 0.462 e. The minimum atomic E-state index is -1.27. The van der Waals surface area contributed by atoms with Crippen molar-refractivity contribution in [3.8, 4) is 0 Å². The molecular weight excluding hydrogens is 296 g/mol. The summed E-state index contributed by atoms with van der Waals surface area (Å²) in [4.78, 5) is 38.0. The van der Waals surface area contributed by atoms with E-state index < -0.39 is 16.4 Å². The van der Waals surface area contributed by atoms with Gasteiger partial charge in [-0.3, -0.25) is 14.4 Å². The molecule has 1 aliphatic heterocycles. The number of ketones is 2. The summed E-state index contributed by atoms with van der Waals surface area (Å²) in [6.45, 7) is 5.45. The van der Waals surface area contributed by atoms with Crippen LogP contribution in [0, 0.1) is 34.5 Å². The quantitative estimate of drug-likeness (QED) is 0.675. The smallest absolute Gasteiger partial charge is 0.309 e. The summed E-state index contributed by atoms with van der Waals surface area (Å²) in [7, 11) is 0. The zero-order valence-corrected chi connectivity index (χ0v) is 13.5. The Balaban J connectivity index is 1.81. The number of carbonyl (C=O) groups is 3. The predicted molar refractivity (Wildman–Crippen MR) is 78.0 cm³/mol. The van der Waals surface area contributed by atoms with E-state index in [-0.39, 0.29) is 53.7 Å². The zero-order valence-electron chi connectivity index (χ0n) is 13.5. The van der Waals surface area contributed by atoms with E-state index >= 15 is 0 Å². The maximum absolute atomic E-state index is 13.0. The topological polar surface area (TPSA) is 80.7 Å². The number of aliphatic hydroxyl groups is 1. The SMILES string of the molecule is CC1=C[C@@]2(O)[C@H]3CC(=O)[C@@]24C[C@@H]2OC(=O)[C@H](C)[C@@H]2[C@H]4[C@@]3(C)C1=O. The molecule has 23 heavy (non-hydrogen) atoms. The van der Waals surface area contributed by atoms with Gasteiger partial charge in [0.2, 0.25) is 0 Å². The second-order valence-electron chi connectivity index (χ2n) is 8.44. The van der Waals surface area contributed by atoms with Gasteiger partial charge in [-0.2, -0.15) is 0 Å². The van der Waals surface area contributed by atoms with E-state index in [1.165, 1.54) is 0 Å². The Labute approximate surface area is 134 Å². The average molecular weight is 316 g/mol. The number of hydrogen-bond acceptors (Lipinski definition) is 5. The molecule has 1 heterocycles. The van der Waals surface area contributed by atoms with E-state index in [1.807, 2.05) is 13.8 Å². The van der Waals surface area contributed by atoms with Crippen LogP contribution in [0.3, 0.4) is 0 Å². The second kappa shape index (κ2) is 3.46. The Kier molecular flexibility index (Phi) is 2.09. The molecule has 0 amide bonds. The third kappa shape index (κ3) is 1.06. The minimum Gasteiger partial charge on any atom is -0.462 e. The number of fused-ring (bicyclic) bond motifs is 3. The number of Topliss-reactive ketones (excluding diaryl/α,β-unsaturated/α-hetero) is 2. The summed E-state index contributed by atoms with van der Waals surface area (Å²) in [5.74, 6) is -1.33. The molecule has 1 saturated heterocycles. The van der Waals surface area contributed by atoms with Crippen LogP contribution in [0.15, 0.2) is 11.6 Å². The van der Waals surface area contributed by atoms with Gasteiger partial charge in [-0.1, -0.05) is 13.8 Å². The fraction of sp³-hybridized carbons (Fsp3) is 0.722. The van der Waals surface area contributed by atoms with Crippen LogP contribution in [-0.2, 0) is 19.1 Å². The molecule has 0 aromatic heterocycles. The molecule has 0 aromatic rings. The van der Waals surface area contributed by atoms with Crippen LogP contribution >= 0.6 is 0 Å². The Morgan fingerprint density at radius 2 is 2.00 bits per heavy atom. The summed E-state index contributed by atoms with van der Waals surface area (Å²) in [6.07, 6.45) is 1.90. The van der Waals surface area contributed by atoms with Crippen molar-refractivity contribution < 1.29 is 24.2 Å². The predicted octanol–water partition coefficient (Wildman–Crippen LogP) is 1.04. The summed E-state index contributed by atoms with van der Waals surface area (Å²) < 4.78 is 5.51. The standard InChI is InChI=1S/C18H20O5/c1-7-5-18(22)10-4-11(19)17(18)6-9-12(8(2)15(21)23-9)13(17)16(10,3)14(7)20/h5,8-10,12-13,22H,4,6H2,1-3H3/t8-,9+,10+,12+,13+,16+,17-,18-/m1/s1. The van der Waals surface area contributed by atoms with Crippen LogP contribution in [0.2, 0.25) is 0 Å². The van der Waals surface area contributed by atoms with Crippen molar-refractivity contribution in [3.05, 3.63) is 11.6 Å². The fourth-order valence-electron chi connectivity index (χ4n) is 7.17. The molecule has 4 aliphatic carbocycles.